The minimum absolute atomic E-state index is 0.546. The Morgan fingerprint density at radius 2 is 2.00 bits per heavy atom. The van der Waals surface area contributed by atoms with Crippen molar-refractivity contribution in [3.63, 3.8) is 0 Å². The normalized spacial score (nSPS) is 28.5. The molecule has 0 aromatic carbocycles. The van der Waals surface area contributed by atoms with Gasteiger partial charge in [0.15, 0.2) is 0 Å². The van der Waals surface area contributed by atoms with E-state index in [1.54, 1.807) is 6.33 Å². The highest BCUT2D eigenvalue weighted by Crippen LogP contribution is 2.35. The van der Waals surface area contributed by atoms with Crippen molar-refractivity contribution in [1.82, 2.24) is 20.1 Å². The Balaban J connectivity index is 2.01. The van der Waals surface area contributed by atoms with Crippen molar-refractivity contribution in [2.24, 2.45) is 11.8 Å². The Kier molecular flexibility index (Phi) is 4.75. The molecule has 1 aromatic rings. The molecule has 2 atom stereocenters. The number of aromatic nitrogens is 3. The summed E-state index contributed by atoms with van der Waals surface area (Å²) >= 11 is 0. The van der Waals surface area contributed by atoms with E-state index < -0.39 is 0 Å². The second kappa shape index (κ2) is 6.32. The Bertz CT molecular complexity index is 350. The monoisotopic (exact) mass is 250 g/mol. The van der Waals surface area contributed by atoms with Crippen LogP contribution in [0.4, 0.5) is 0 Å². The zero-order valence-electron chi connectivity index (χ0n) is 11.9. The van der Waals surface area contributed by atoms with E-state index in [-0.39, 0.29) is 0 Å². The molecule has 0 aliphatic heterocycles. The lowest BCUT2D eigenvalue weighted by molar-refractivity contribution is 0.205. The zero-order valence-corrected chi connectivity index (χ0v) is 11.9. The minimum Gasteiger partial charge on any atom is -0.310 e. The lowest BCUT2D eigenvalue weighted by atomic mass is 9.80. The van der Waals surface area contributed by atoms with Gasteiger partial charge >= 0.3 is 0 Å². The van der Waals surface area contributed by atoms with Crippen LogP contribution in [0.1, 0.15) is 58.3 Å². The molecule has 1 heterocycles. The fraction of sp³-hybridized carbons (Fsp3) is 0.857. The fourth-order valence-electron chi connectivity index (χ4n) is 3.19. The summed E-state index contributed by atoms with van der Waals surface area (Å²) in [4.78, 5) is 4.40. The molecule has 4 heteroatoms. The van der Waals surface area contributed by atoms with Crippen molar-refractivity contribution in [2.45, 2.75) is 59.0 Å². The molecular formula is C14H26N4. The topological polar surface area (TPSA) is 42.7 Å². The van der Waals surface area contributed by atoms with Crippen molar-refractivity contribution >= 4 is 0 Å². The fourth-order valence-corrected chi connectivity index (χ4v) is 3.19. The third-order valence-electron chi connectivity index (χ3n) is 3.86. The Labute approximate surface area is 110 Å². The number of rotatable bonds is 5. The van der Waals surface area contributed by atoms with E-state index in [4.69, 9.17) is 0 Å². The van der Waals surface area contributed by atoms with Crippen LogP contribution in [0.5, 0.6) is 0 Å². The van der Waals surface area contributed by atoms with Gasteiger partial charge in [0.25, 0.3) is 0 Å². The van der Waals surface area contributed by atoms with Gasteiger partial charge in [-0.05, 0) is 44.1 Å². The van der Waals surface area contributed by atoms with Crippen molar-refractivity contribution in [2.75, 3.05) is 6.54 Å². The molecule has 2 unspecified atom stereocenters. The largest absolute Gasteiger partial charge is 0.310 e. The Morgan fingerprint density at radius 3 is 2.67 bits per heavy atom. The third kappa shape index (κ3) is 3.31. The zero-order chi connectivity index (χ0) is 13.0. The molecule has 1 aliphatic carbocycles. The highest BCUT2D eigenvalue weighted by molar-refractivity contribution is 4.90. The lowest BCUT2D eigenvalue weighted by Crippen LogP contribution is -2.26. The van der Waals surface area contributed by atoms with E-state index in [9.17, 15) is 0 Å². The molecule has 0 spiro atoms. The molecule has 1 saturated carbocycles. The van der Waals surface area contributed by atoms with Crippen molar-refractivity contribution in [3.8, 4) is 0 Å². The van der Waals surface area contributed by atoms with Crippen LogP contribution >= 0.6 is 0 Å². The molecule has 0 amide bonds. The van der Waals surface area contributed by atoms with Crippen LogP contribution in [-0.4, -0.2) is 21.3 Å². The smallest absolute Gasteiger partial charge is 0.141 e. The highest BCUT2D eigenvalue weighted by atomic mass is 15.4. The first-order valence-electron chi connectivity index (χ1n) is 7.29. The molecule has 0 radical (unpaired) electrons. The molecule has 1 aromatic heterocycles. The predicted molar refractivity (Wildman–Crippen MR) is 73.2 cm³/mol. The van der Waals surface area contributed by atoms with E-state index in [0.29, 0.717) is 6.04 Å². The second-order valence-electron chi connectivity index (χ2n) is 5.87. The Morgan fingerprint density at radius 1 is 1.28 bits per heavy atom. The van der Waals surface area contributed by atoms with E-state index in [1.807, 2.05) is 0 Å². The molecule has 1 fully saturated rings. The van der Waals surface area contributed by atoms with Crippen molar-refractivity contribution in [1.29, 1.82) is 0 Å². The molecule has 4 nitrogen and oxygen atoms in total. The van der Waals surface area contributed by atoms with Crippen LogP contribution in [0.25, 0.3) is 0 Å². The highest BCUT2D eigenvalue weighted by Gasteiger charge is 2.26. The van der Waals surface area contributed by atoms with Gasteiger partial charge in [0.05, 0.1) is 12.6 Å². The van der Waals surface area contributed by atoms with Gasteiger partial charge in [0.1, 0.15) is 12.2 Å². The van der Waals surface area contributed by atoms with Gasteiger partial charge in [-0.15, -0.1) is 0 Å². The van der Waals surface area contributed by atoms with Gasteiger partial charge in [-0.1, -0.05) is 20.8 Å². The summed E-state index contributed by atoms with van der Waals surface area (Å²) in [5.41, 5.74) is 0. The van der Waals surface area contributed by atoms with Gasteiger partial charge < -0.3 is 5.32 Å². The standard InChI is InChI=1S/C14H26N4/c1-4-5-15-9-14-16-10-17-18(14)13-7-11(2)6-12(3)8-13/h10-13,15H,4-9H2,1-3H3. The number of hydrogen-bond acceptors (Lipinski definition) is 3. The Hall–Kier alpha value is -0.900. The van der Waals surface area contributed by atoms with Gasteiger partial charge in [0.2, 0.25) is 0 Å². The van der Waals surface area contributed by atoms with Crippen LogP contribution in [0, 0.1) is 11.8 Å². The predicted octanol–water partition coefficient (Wildman–Crippen LogP) is 2.77. The SMILES string of the molecule is CCCNCc1ncnn1C1CC(C)CC(C)C1. The van der Waals surface area contributed by atoms with E-state index in [1.165, 1.54) is 19.3 Å². The summed E-state index contributed by atoms with van der Waals surface area (Å²) in [6.45, 7) is 8.78. The first kappa shape index (κ1) is 13.5. The number of nitrogens with zero attached hydrogens (tertiary/aromatic N) is 3. The maximum Gasteiger partial charge on any atom is 0.141 e. The summed E-state index contributed by atoms with van der Waals surface area (Å²) < 4.78 is 2.16. The summed E-state index contributed by atoms with van der Waals surface area (Å²) in [6, 6.07) is 0.546. The van der Waals surface area contributed by atoms with Crippen LogP contribution in [0.3, 0.4) is 0 Å². The quantitative estimate of drug-likeness (QED) is 0.817. The van der Waals surface area contributed by atoms with Crippen LogP contribution in [-0.2, 0) is 6.54 Å². The van der Waals surface area contributed by atoms with E-state index >= 15 is 0 Å². The molecule has 1 N–H and O–H groups in total. The summed E-state index contributed by atoms with van der Waals surface area (Å²) in [5.74, 6) is 2.70. The van der Waals surface area contributed by atoms with E-state index in [2.05, 4.69) is 40.9 Å². The molecule has 1 aliphatic rings. The van der Waals surface area contributed by atoms with Crippen LogP contribution in [0.15, 0.2) is 6.33 Å². The van der Waals surface area contributed by atoms with Gasteiger partial charge in [-0.25, -0.2) is 9.67 Å². The number of nitrogens with one attached hydrogen (secondary N) is 1. The second-order valence-corrected chi connectivity index (χ2v) is 5.87. The van der Waals surface area contributed by atoms with Crippen LogP contribution in [0.2, 0.25) is 0 Å². The van der Waals surface area contributed by atoms with Crippen molar-refractivity contribution in [3.05, 3.63) is 12.2 Å². The minimum atomic E-state index is 0.546. The third-order valence-corrected chi connectivity index (χ3v) is 3.86. The van der Waals surface area contributed by atoms with E-state index in [0.717, 1.165) is 37.2 Å². The van der Waals surface area contributed by atoms with Gasteiger partial charge in [-0.3, -0.25) is 0 Å². The average molecular weight is 250 g/mol. The maximum atomic E-state index is 4.45. The maximum absolute atomic E-state index is 4.45. The lowest BCUT2D eigenvalue weighted by Gasteiger charge is -2.32. The molecule has 0 bridgehead atoms. The molecule has 18 heavy (non-hydrogen) atoms. The van der Waals surface area contributed by atoms with Crippen LogP contribution < -0.4 is 5.32 Å². The van der Waals surface area contributed by atoms with Crippen molar-refractivity contribution < 1.29 is 0 Å². The molecule has 2 rings (SSSR count). The molecular weight excluding hydrogens is 224 g/mol. The molecule has 102 valence electrons. The summed E-state index contributed by atoms with van der Waals surface area (Å²) in [7, 11) is 0. The summed E-state index contributed by atoms with van der Waals surface area (Å²) in [5, 5.41) is 7.87. The first-order chi connectivity index (χ1) is 8.70. The average Bonchev–Trinajstić information content (AvgIpc) is 2.76. The summed E-state index contributed by atoms with van der Waals surface area (Å²) in [6.07, 6.45) is 6.70. The number of hydrogen-bond donors (Lipinski definition) is 1. The van der Waals surface area contributed by atoms with Gasteiger partial charge in [-0.2, -0.15) is 5.10 Å². The first-order valence-corrected chi connectivity index (χ1v) is 7.29. The molecule has 0 saturated heterocycles. The van der Waals surface area contributed by atoms with Gasteiger partial charge in [0, 0.05) is 0 Å².